The summed E-state index contributed by atoms with van der Waals surface area (Å²) in [6.07, 6.45) is 1.88. The molecule has 1 aliphatic rings. The molecule has 2 aromatic carbocycles. The monoisotopic (exact) mass is 431 g/mol. The third kappa shape index (κ3) is 3.93. The Kier molecular flexibility index (Phi) is 5.19. The molecule has 0 spiro atoms. The number of hydrogen-bond donors (Lipinski definition) is 1. The fraction of sp³-hybridized carbons (Fsp3) is 0.292. The van der Waals surface area contributed by atoms with Crippen LogP contribution in [0.4, 0.5) is 10.8 Å². The highest BCUT2D eigenvalue weighted by molar-refractivity contribution is 7.22. The van der Waals surface area contributed by atoms with E-state index in [2.05, 4.69) is 15.3 Å². The Bertz CT molecular complexity index is 1230. The minimum Gasteiger partial charge on any atom is -0.347 e. The van der Waals surface area contributed by atoms with Crippen molar-refractivity contribution in [1.82, 2.24) is 14.8 Å². The number of para-hydroxylation sites is 1. The zero-order valence-electron chi connectivity index (χ0n) is 17.7. The lowest BCUT2D eigenvalue weighted by Gasteiger charge is -2.31. The summed E-state index contributed by atoms with van der Waals surface area (Å²) in [4.78, 5) is 20.1. The molecule has 1 aliphatic heterocycles. The molecule has 0 bridgehead atoms. The maximum atomic E-state index is 12.9. The second kappa shape index (κ2) is 8.15. The molecule has 4 aromatic rings. The van der Waals surface area contributed by atoms with Crippen LogP contribution in [0.15, 0.2) is 54.6 Å². The Hall–Kier alpha value is -3.19. The lowest BCUT2D eigenvalue weighted by molar-refractivity contribution is -0.120. The van der Waals surface area contributed by atoms with E-state index in [0.29, 0.717) is 6.54 Å². The van der Waals surface area contributed by atoms with Crippen molar-refractivity contribution < 1.29 is 4.79 Å². The number of aryl methyl sites for hydroxylation is 2. The van der Waals surface area contributed by atoms with Gasteiger partial charge in [0, 0.05) is 18.8 Å². The number of anilines is 2. The van der Waals surface area contributed by atoms with Crippen molar-refractivity contribution in [2.75, 3.05) is 23.3 Å². The van der Waals surface area contributed by atoms with Gasteiger partial charge in [-0.2, -0.15) is 10.1 Å². The minimum absolute atomic E-state index is 0.0482. The van der Waals surface area contributed by atoms with Crippen molar-refractivity contribution in [3.05, 3.63) is 65.9 Å². The van der Waals surface area contributed by atoms with Gasteiger partial charge in [-0.3, -0.25) is 4.79 Å². The zero-order chi connectivity index (χ0) is 21.4. The number of nitrogens with zero attached hydrogens (tertiary/aromatic N) is 4. The number of benzene rings is 2. The Labute approximate surface area is 185 Å². The number of carbonyl (C=O) groups is 1. The molecular formula is C24H25N5OS. The Morgan fingerprint density at radius 2 is 1.97 bits per heavy atom. The molecule has 158 valence electrons. The first kappa shape index (κ1) is 19.8. The van der Waals surface area contributed by atoms with Gasteiger partial charge >= 0.3 is 0 Å². The van der Waals surface area contributed by atoms with Gasteiger partial charge in [-0.15, -0.1) is 0 Å². The molecule has 1 fully saturated rings. The van der Waals surface area contributed by atoms with E-state index in [4.69, 9.17) is 4.98 Å². The van der Waals surface area contributed by atoms with Crippen LogP contribution in [-0.4, -0.2) is 33.8 Å². The maximum Gasteiger partial charge on any atom is 0.229 e. The summed E-state index contributed by atoms with van der Waals surface area (Å²) in [6.45, 7) is 5.66. The van der Waals surface area contributed by atoms with Crippen LogP contribution >= 0.6 is 11.3 Å². The average molecular weight is 432 g/mol. The van der Waals surface area contributed by atoms with E-state index < -0.39 is 0 Å². The molecule has 6 nitrogen and oxygen atoms in total. The summed E-state index contributed by atoms with van der Waals surface area (Å²) in [5.74, 6) is 0.0380. The van der Waals surface area contributed by atoms with Gasteiger partial charge in [0.15, 0.2) is 10.8 Å². The molecule has 31 heavy (non-hydrogen) atoms. The molecule has 0 saturated carbocycles. The first-order valence-corrected chi connectivity index (χ1v) is 11.4. The number of amides is 1. The molecule has 0 radical (unpaired) electrons. The summed E-state index contributed by atoms with van der Waals surface area (Å²) < 4.78 is 3.02. The number of aromatic nitrogens is 3. The Morgan fingerprint density at radius 1 is 1.13 bits per heavy atom. The van der Waals surface area contributed by atoms with Gasteiger partial charge in [0.25, 0.3) is 0 Å². The molecule has 1 N–H and O–H groups in total. The molecule has 5 rings (SSSR count). The summed E-state index contributed by atoms with van der Waals surface area (Å²) >= 11 is 1.67. The lowest BCUT2D eigenvalue weighted by atomic mass is 9.97. The van der Waals surface area contributed by atoms with Crippen LogP contribution in [0.1, 0.15) is 24.1 Å². The van der Waals surface area contributed by atoms with Crippen molar-refractivity contribution in [2.24, 2.45) is 5.92 Å². The van der Waals surface area contributed by atoms with Crippen LogP contribution < -0.4 is 10.2 Å². The SMILES string of the molecule is Cc1cccc(NC(=O)[C@H]2CCCN(c3nc4c(s3)c(C)nn4-c3ccccc3)C2)c1. The fourth-order valence-corrected chi connectivity index (χ4v) is 5.16. The quantitative estimate of drug-likeness (QED) is 0.496. The number of rotatable bonds is 4. The van der Waals surface area contributed by atoms with Crippen LogP contribution in [0, 0.1) is 19.8 Å². The number of fused-ring (bicyclic) bond motifs is 1. The third-order valence-corrected chi connectivity index (χ3v) is 6.94. The summed E-state index contributed by atoms with van der Waals surface area (Å²) in [6, 6.07) is 18.0. The Balaban J connectivity index is 1.37. The summed E-state index contributed by atoms with van der Waals surface area (Å²) in [7, 11) is 0. The zero-order valence-corrected chi connectivity index (χ0v) is 18.5. The fourth-order valence-electron chi connectivity index (χ4n) is 4.14. The van der Waals surface area contributed by atoms with Gasteiger partial charge in [-0.05, 0) is 56.5 Å². The van der Waals surface area contributed by atoms with Crippen molar-refractivity contribution in [2.45, 2.75) is 26.7 Å². The molecule has 2 aromatic heterocycles. The van der Waals surface area contributed by atoms with Crippen molar-refractivity contribution in [3.8, 4) is 5.69 Å². The molecule has 0 aliphatic carbocycles. The predicted molar refractivity (Wildman–Crippen MR) is 126 cm³/mol. The van der Waals surface area contributed by atoms with Crippen LogP contribution in [0.3, 0.4) is 0 Å². The largest absolute Gasteiger partial charge is 0.347 e. The average Bonchev–Trinajstić information content (AvgIpc) is 3.35. The van der Waals surface area contributed by atoms with E-state index in [1.807, 2.05) is 73.1 Å². The minimum atomic E-state index is -0.0482. The van der Waals surface area contributed by atoms with Crippen LogP contribution in [-0.2, 0) is 4.79 Å². The van der Waals surface area contributed by atoms with Crippen molar-refractivity contribution >= 4 is 38.4 Å². The second-order valence-electron chi connectivity index (χ2n) is 8.13. The summed E-state index contributed by atoms with van der Waals surface area (Å²) in [5, 5.41) is 8.74. The number of thiazole rings is 1. The van der Waals surface area contributed by atoms with Crippen molar-refractivity contribution in [1.29, 1.82) is 0 Å². The standard InChI is InChI=1S/C24H25N5OS/c1-16-8-6-10-19(14-16)25-23(30)18-9-7-13-28(15-18)24-26-22-21(31-24)17(2)27-29(22)20-11-4-3-5-12-20/h3-6,8,10-12,14,18H,7,9,13,15H2,1-2H3,(H,25,30)/t18-/m0/s1. The topological polar surface area (TPSA) is 63.1 Å². The molecule has 0 unspecified atom stereocenters. The molecular weight excluding hydrogens is 406 g/mol. The van der Waals surface area contributed by atoms with Gasteiger partial charge < -0.3 is 10.2 Å². The van der Waals surface area contributed by atoms with E-state index in [-0.39, 0.29) is 11.8 Å². The highest BCUT2D eigenvalue weighted by Gasteiger charge is 2.28. The highest BCUT2D eigenvalue weighted by Crippen LogP contribution is 2.34. The molecule has 1 amide bonds. The first-order chi connectivity index (χ1) is 15.1. The maximum absolute atomic E-state index is 12.9. The van der Waals surface area contributed by atoms with E-state index in [9.17, 15) is 4.79 Å². The van der Waals surface area contributed by atoms with E-state index in [1.54, 1.807) is 11.3 Å². The number of hydrogen-bond acceptors (Lipinski definition) is 5. The van der Waals surface area contributed by atoms with E-state index in [0.717, 1.165) is 57.5 Å². The third-order valence-electron chi connectivity index (χ3n) is 5.73. The molecule has 1 saturated heterocycles. The predicted octanol–water partition coefficient (Wildman–Crippen LogP) is 4.95. The number of carbonyl (C=O) groups excluding carboxylic acids is 1. The van der Waals surface area contributed by atoms with Crippen LogP contribution in [0.2, 0.25) is 0 Å². The van der Waals surface area contributed by atoms with Gasteiger partial charge in [-0.25, -0.2) is 4.68 Å². The normalized spacial score (nSPS) is 16.6. The van der Waals surface area contributed by atoms with Gasteiger partial charge in [0.2, 0.25) is 5.91 Å². The molecule has 7 heteroatoms. The van der Waals surface area contributed by atoms with E-state index >= 15 is 0 Å². The lowest BCUT2D eigenvalue weighted by Crippen LogP contribution is -2.40. The molecule has 3 heterocycles. The van der Waals surface area contributed by atoms with Gasteiger partial charge in [-0.1, -0.05) is 41.7 Å². The van der Waals surface area contributed by atoms with Gasteiger partial charge in [0.05, 0.1) is 22.0 Å². The Morgan fingerprint density at radius 3 is 2.77 bits per heavy atom. The summed E-state index contributed by atoms with van der Waals surface area (Å²) in [5.41, 5.74) is 4.87. The smallest absolute Gasteiger partial charge is 0.229 e. The van der Waals surface area contributed by atoms with Crippen LogP contribution in [0.25, 0.3) is 16.0 Å². The number of nitrogens with one attached hydrogen (secondary N) is 1. The van der Waals surface area contributed by atoms with Crippen molar-refractivity contribution in [3.63, 3.8) is 0 Å². The number of piperidine rings is 1. The van der Waals surface area contributed by atoms with Crippen LogP contribution in [0.5, 0.6) is 0 Å². The highest BCUT2D eigenvalue weighted by atomic mass is 32.1. The first-order valence-electron chi connectivity index (χ1n) is 10.6. The van der Waals surface area contributed by atoms with Gasteiger partial charge in [0.1, 0.15) is 0 Å². The second-order valence-corrected chi connectivity index (χ2v) is 9.10. The van der Waals surface area contributed by atoms with E-state index in [1.165, 1.54) is 0 Å². The molecule has 1 atom stereocenters.